The zero-order valence-electron chi connectivity index (χ0n) is 13.1. The molecule has 1 saturated carbocycles. The average molecular weight is 301 g/mol. The molecule has 0 heterocycles. The van der Waals surface area contributed by atoms with Crippen molar-refractivity contribution in [2.75, 3.05) is 0 Å². The van der Waals surface area contributed by atoms with Gasteiger partial charge in [0.1, 0.15) is 5.60 Å². The first-order chi connectivity index (χ1) is 9.69. The fourth-order valence-electron chi connectivity index (χ4n) is 2.68. The predicted octanol–water partition coefficient (Wildman–Crippen LogP) is 2.30. The molecule has 0 bridgehead atoms. The fourth-order valence-corrected chi connectivity index (χ4v) is 2.68. The zero-order valence-corrected chi connectivity index (χ0v) is 13.1. The van der Waals surface area contributed by atoms with E-state index < -0.39 is 29.8 Å². The van der Waals surface area contributed by atoms with Gasteiger partial charge in [-0.25, -0.2) is 9.59 Å². The second-order valence-corrected chi connectivity index (χ2v) is 6.78. The SMILES string of the molecule is CC(C)(C)OC(=O)N[C@@H](CC1CCCCC1)[C@@H](O)C(=O)O. The lowest BCUT2D eigenvalue weighted by Crippen LogP contribution is -2.49. The van der Waals surface area contributed by atoms with Crippen molar-refractivity contribution in [3.8, 4) is 0 Å². The van der Waals surface area contributed by atoms with Crippen molar-refractivity contribution < 1.29 is 24.5 Å². The van der Waals surface area contributed by atoms with E-state index in [2.05, 4.69) is 5.32 Å². The van der Waals surface area contributed by atoms with Crippen LogP contribution in [0.2, 0.25) is 0 Å². The number of aliphatic hydroxyl groups excluding tert-OH is 1. The van der Waals surface area contributed by atoms with Crippen molar-refractivity contribution in [3.63, 3.8) is 0 Å². The van der Waals surface area contributed by atoms with Crippen LogP contribution in [0.1, 0.15) is 59.3 Å². The van der Waals surface area contributed by atoms with Crippen LogP contribution < -0.4 is 5.32 Å². The van der Waals surface area contributed by atoms with Crippen molar-refractivity contribution in [1.29, 1.82) is 0 Å². The standard InChI is InChI=1S/C15H27NO5/c1-15(2,3)21-14(20)16-11(12(17)13(18)19)9-10-7-5-4-6-8-10/h10-12,17H,4-9H2,1-3H3,(H,16,20)(H,18,19)/t11-,12+/m0/s1. The molecular formula is C15H27NO5. The fraction of sp³-hybridized carbons (Fsp3) is 0.867. The van der Waals surface area contributed by atoms with E-state index >= 15 is 0 Å². The number of alkyl carbamates (subject to hydrolysis) is 1. The molecule has 2 atom stereocenters. The van der Waals surface area contributed by atoms with Gasteiger partial charge in [0, 0.05) is 0 Å². The summed E-state index contributed by atoms with van der Waals surface area (Å²) in [5.74, 6) is -0.987. The minimum atomic E-state index is -1.61. The van der Waals surface area contributed by atoms with Crippen LogP contribution >= 0.6 is 0 Å². The molecule has 6 heteroatoms. The van der Waals surface area contributed by atoms with Crippen LogP contribution in [-0.2, 0) is 9.53 Å². The molecule has 0 radical (unpaired) electrons. The highest BCUT2D eigenvalue weighted by atomic mass is 16.6. The van der Waals surface area contributed by atoms with E-state index in [1.807, 2.05) is 0 Å². The Labute approximate surface area is 125 Å². The third-order valence-electron chi connectivity index (χ3n) is 3.65. The lowest BCUT2D eigenvalue weighted by atomic mass is 9.83. The molecule has 6 nitrogen and oxygen atoms in total. The van der Waals surface area contributed by atoms with Gasteiger partial charge in [0.25, 0.3) is 0 Å². The Morgan fingerprint density at radius 3 is 2.29 bits per heavy atom. The van der Waals surface area contributed by atoms with Crippen LogP contribution in [0.5, 0.6) is 0 Å². The van der Waals surface area contributed by atoms with Crippen LogP contribution in [0.3, 0.4) is 0 Å². The highest BCUT2D eigenvalue weighted by Crippen LogP contribution is 2.28. The number of aliphatic hydroxyl groups is 1. The van der Waals surface area contributed by atoms with Gasteiger partial charge in [-0.05, 0) is 33.1 Å². The summed E-state index contributed by atoms with van der Waals surface area (Å²) in [5.41, 5.74) is -0.659. The second-order valence-electron chi connectivity index (χ2n) is 6.78. The molecule has 0 aromatic heterocycles. The third kappa shape index (κ3) is 6.80. The van der Waals surface area contributed by atoms with Gasteiger partial charge >= 0.3 is 12.1 Å². The molecule has 1 amide bonds. The largest absolute Gasteiger partial charge is 0.479 e. The molecule has 122 valence electrons. The number of carboxylic acid groups (broad SMARTS) is 1. The maximum Gasteiger partial charge on any atom is 0.407 e. The van der Waals surface area contributed by atoms with E-state index in [0.29, 0.717) is 12.3 Å². The van der Waals surface area contributed by atoms with Gasteiger partial charge in [-0.15, -0.1) is 0 Å². The molecule has 1 fully saturated rings. The first-order valence-corrected chi connectivity index (χ1v) is 7.59. The number of nitrogens with one attached hydrogen (secondary N) is 1. The second kappa shape index (κ2) is 7.64. The van der Waals surface area contributed by atoms with Gasteiger partial charge in [0.05, 0.1) is 6.04 Å². The van der Waals surface area contributed by atoms with Gasteiger partial charge in [0.15, 0.2) is 6.10 Å². The number of amides is 1. The molecule has 1 rings (SSSR count). The molecule has 0 aromatic carbocycles. The highest BCUT2D eigenvalue weighted by molar-refractivity contribution is 5.75. The summed E-state index contributed by atoms with van der Waals surface area (Å²) in [7, 11) is 0. The topological polar surface area (TPSA) is 95.9 Å². The molecule has 0 spiro atoms. The van der Waals surface area contributed by atoms with Gasteiger partial charge in [-0.1, -0.05) is 32.1 Å². The summed E-state index contributed by atoms with van der Waals surface area (Å²) in [4.78, 5) is 22.8. The lowest BCUT2D eigenvalue weighted by Gasteiger charge is -2.29. The summed E-state index contributed by atoms with van der Waals surface area (Å²) in [6, 6.07) is -0.819. The summed E-state index contributed by atoms with van der Waals surface area (Å²) >= 11 is 0. The minimum Gasteiger partial charge on any atom is -0.479 e. The van der Waals surface area contributed by atoms with Gasteiger partial charge in [-0.3, -0.25) is 0 Å². The van der Waals surface area contributed by atoms with E-state index in [0.717, 1.165) is 25.7 Å². The quantitative estimate of drug-likeness (QED) is 0.724. The number of aliphatic carboxylic acids is 1. The van der Waals surface area contributed by atoms with Crippen molar-refractivity contribution in [2.24, 2.45) is 5.92 Å². The number of carboxylic acids is 1. The smallest absolute Gasteiger partial charge is 0.407 e. The lowest BCUT2D eigenvalue weighted by molar-refractivity contribution is -0.148. The average Bonchev–Trinajstić information content (AvgIpc) is 2.36. The van der Waals surface area contributed by atoms with E-state index in [4.69, 9.17) is 9.84 Å². The van der Waals surface area contributed by atoms with Crippen LogP contribution in [-0.4, -0.2) is 40.0 Å². The van der Waals surface area contributed by atoms with E-state index in [-0.39, 0.29) is 0 Å². The first-order valence-electron chi connectivity index (χ1n) is 7.59. The summed E-state index contributed by atoms with van der Waals surface area (Å²) < 4.78 is 5.13. The maximum absolute atomic E-state index is 11.8. The Bertz CT molecular complexity index is 358. The Hall–Kier alpha value is -1.30. The first kappa shape index (κ1) is 17.8. The molecule has 0 saturated heterocycles. The summed E-state index contributed by atoms with van der Waals surface area (Å²) in [6.07, 6.45) is 3.62. The van der Waals surface area contributed by atoms with Crippen LogP contribution in [0.15, 0.2) is 0 Å². The zero-order chi connectivity index (χ0) is 16.0. The molecule has 1 aliphatic carbocycles. The maximum atomic E-state index is 11.8. The number of rotatable bonds is 5. The van der Waals surface area contributed by atoms with Gasteiger partial charge in [0.2, 0.25) is 0 Å². The molecule has 21 heavy (non-hydrogen) atoms. The molecular weight excluding hydrogens is 274 g/mol. The Kier molecular flexibility index (Phi) is 6.45. The third-order valence-corrected chi connectivity index (χ3v) is 3.65. The molecule has 1 aliphatic rings. The molecule has 3 N–H and O–H groups in total. The van der Waals surface area contributed by atoms with Crippen LogP contribution in [0.4, 0.5) is 4.79 Å². The number of ether oxygens (including phenoxy) is 1. The summed E-state index contributed by atoms with van der Waals surface area (Å²) in [6.45, 7) is 5.20. The van der Waals surface area contributed by atoms with E-state index in [1.54, 1.807) is 20.8 Å². The number of hydrogen-bond donors (Lipinski definition) is 3. The Balaban J connectivity index is 2.63. The Morgan fingerprint density at radius 2 is 1.81 bits per heavy atom. The van der Waals surface area contributed by atoms with E-state index in [9.17, 15) is 14.7 Å². The van der Waals surface area contributed by atoms with Crippen molar-refractivity contribution >= 4 is 12.1 Å². The monoisotopic (exact) mass is 301 g/mol. The van der Waals surface area contributed by atoms with Crippen molar-refractivity contribution in [3.05, 3.63) is 0 Å². The van der Waals surface area contributed by atoms with E-state index in [1.165, 1.54) is 6.42 Å². The summed E-state index contributed by atoms with van der Waals surface area (Å²) in [5, 5.41) is 21.3. The van der Waals surface area contributed by atoms with Crippen molar-refractivity contribution in [1.82, 2.24) is 5.32 Å². The molecule has 0 unspecified atom stereocenters. The highest BCUT2D eigenvalue weighted by Gasteiger charge is 2.31. The number of carbonyl (C=O) groups excluding carboxylic acids is 1. The number of carbonyl (C=O) groups is 2. The van der Waals surface area contributed by atoms with Gasteiger partial charge < -0.3 is 20.3 Å². The molecule has 0 aromatic rings. The van der Waals surface area contributed by atoms with Crippen LogP contribution in [0, 0.1) is 5.92 Å². The number of hydrogen-bond acceptors (Lipinski definition) is 4. The normalized spacial score (nSPS) is 19.6. The van der Waals surface area contributed by atoms with Gasteiger partial charge in [-0.2, -0.15) is 0 Å². The van der Waals surface area contributed by atoms with Crippen molar-refractivity contribution in [2.45, 2.75) is 77.0 Å². The van der Waals surface area contributed by atoms with Crippen LogP contribution in [0.25, 0.3) is 0 Å². The minimum absolute atomic E-state index is 0.340. The molecule has 0 aliphatic heterocycles. The Morgan fingerprint density at radius 1 is 1.24 bits per heavy atom. The predicted molar refractivity (Wildman–Crippen MR) is 78.0 cm³/mol.